The third-order valence-corrected chi connectivity index (χ3v) is 5.90. The highest BCUT2D eigenvalue weighted by Crippen LogP contribution is 2.35. The predicted octanol–water partition coefficient (Wildman–Crippen LogP) is 4.08. The molecule has 1 atom stereocenters. The molecule has 0 radical (unpaired) electrons. The third-order valence-electron chi connectivity index (χ3n) is 5.90. The van der Waals surface area contributed by atoms with E-state index in [1.165, 1.54) is 6.33 Å². The Morgan fingerprint density at radius 2 is 1.76 bits per heavy atom. The summed E-state index contributed by atoms with van der Waals surface area (Å²) in [6, 6.07) is 18.8. The Morgan fingerprint density at radius 1 is 1.12 bits per heavy atom. The van der Waals surface area contributed by atoms with Gasteiger partial charge in [-0.15, -0.1) is 0 Å². The second-order valence-corrected chi connectivity index (χ2v) is 7.97. The largest absolute Gasteiger partial charge is 0.481 e. The Kier molecular flexibility index (Phi) is 6.64. The quantitative estimate of drug-likeness (QED) is 0.395. The van der Waals surface area contributed by atoms with Gasteiger partial charge < -0.3 is 15.3 Å². The van der Waals surface area contributed by atoms with E-state index in [-0.39, 0.29) is 17.3 Å². The van der Waals surface area contributed by atoms with Crippen LogP contribution >= 0.6 is 0 Å². The van der Waals surface area contributed by atoms with Crippen LogP contribution in [0.25, 0.3) is 0 Å². The van der Waals surface area contributed by atoms with Gasteiger partial charge in [0.2, 0.25) is 11.6 Å². The molecule has 172 valence electrons. The van der Waals surface area contributed by atoms with Crippen LogP contribution in [0.2, 0.25) is 0 Å². The smallest absolute Gasteiger partial charge is 0.353 e. The van der Waals surface area contributed by atoms with E-state index in [0.717, 1.165) is 11.1 Å². The van der Waals surface area contributed by atoms with E-state index in [4.69, 9.17) is 0 Å². The number of nitro groups is 1. The summed E-state index contributed by atoms with van der Waals surface area (Å²) in [6.07, 6.45) is 2.04. The fourth-order valence-electron chi connectivity index (χ4n) is 4.08. The lowest BCUT2D eigenvalue weighted by Crippen LogP contribution is -2.37. The normalized spacial score (nSPS) is 14.7. The van der Waals surface area contributed by atoms with Gasteiger partial charge in [-0.3, -0.25) is 14.9 Å². The van der Waals surface area contributed by atoms with Crippen LogP contribution in [0.1, 0.15) is 29.9 Å². The summed E-state index contributed by atoms with van der Waals surface area (Å²) in [7, 11) is 0. The standard InChI is InChI=1S/C24H22N6O4/c25-14-20(16-4-2-1-3-5-16)17-6-8-19(9-7-17)28-22-21(30(33)34)23(27-15-26-22)29-12-10-18(11-13-29)24(31)32/h1-9,15,18,20H,10-13H2,(H,31,32)(H,26,27,28). The monoisotopic (exact) mass is 458 g/mol. The summed E-state index contributed by atoms with van der Waals surface area (Å²) in [5.41, 5.74) is 2.00. The predicted molar refractivity (Wildman–Crippen MR) is 125 cm³/mol. The van der Waals surface area contributed by atoms with E-state index in [0.29, 0.717) is 31.6 Å². The van der Waals surface area contributed by atoms with Crippen molar-refractivity contribution in [2.45, 2.75) is 18.8 Å². The number of piperidine rings is 1. The van der Waals surface area contributed by atoms with Gasteiger partial charge in [-0.05, 0) is 36.1 Å². The van der Waals surface area contributed by atoms with Crippen LogP contribution in [0.5, 0.6) is 0 Å². The Balaban J connectivity index is 1.56. The van der Waals surface area contributed by atoms with Crippen molar-refractivity contribution in [3.8, 4) is 6.07 Å². The number of carbonyl (C=O) groups is 1. The minimum Gasteiger partial charge on any atom is -0.481 e. The molecular formula is C24H22N6O4. The van der Waals surface area contributed by atoms with Crippen LogP contribution in [0.15, 0.2) is 60.9 Å². The molecule has 1 fully saturated rings. The van der Waals surface area contributed by atoms with Crippen LogP contribution in [0.4, 0.5) is 23.0 Å². The number of hydrogen-bond donors (Lipinski definition) is 2. The number of nitrogens with one attached hydrogen (secondary N) is 1. The number of nitriles is 1. The number of aliphatic carboxylic acids is 1. The highest BCUT2D eigenvalue weighted by Gasteiger charge is 2.31. The van der Waals surface area contributed by atoms with Crippen molar-refractivity contribution < 1.29 is 14.8 Å². The van der Waals surface area contributed by atoms with Crippen molar-refractivity contribution in [2.24, 2.45) is 5.92 Å². The first-order valence-corrected chi connectivity index (χ1v) is 10.8. The number of benzene rings is 2. The van der Waals surface area contributed by atoms with Crippen molar-refractivity contribution >= 4 is 29.0 Å². The molecule has 3 aromatic rings. The average molecular weight is 458 g/mol. The number of nitrogens with zero attached hydrogens (tertiary/aromatic N) is 5. The zero-order chi connectivity index (χ0) is 24.1. The van der Waals surface area contributed by atoms with Crippen molar-refractivity contribution in [2.75, 3.05) is 23.3 Å². The number of carboxylic acid groups (broad SMARTS) is 1. The number of anilines is 3. The molecule has 1 unspecified atom stereocenters. The summed E-state index contributed by atoms with van der Waals surface area (Å²) in [4.78, 5) is 32.5. The zero-order valence-electron chi connectivity index (χ0n) is 18.2. The fraction of sp³-hybridized carbons (Fsp3) is 0.250. The molecule has 1 aromatic heterocycles. The summed E-state index contributed by atoms with van der Waals surface area (Å²) < 4.78 is 0. The maximum absolute atomic E-state index is 11.9. The Morgan fingerprint density at radius 3 is 2.35 bits per heavy atom. The summed E-state index contributed by atoms with van der Waals surface area (Å²) in [5.74, 6) is -1.53. The van der Waals surface area contributed by atoms with Gasteiger partial charge in [0.25, 0.3) is 0 Å². The Bertz CT molecular complexity index is 1220. The van der Waals surface area contributed by atoms with Crippen LogP contribution in [-0.4, -0.2) is 39.1 Å². The van der Waals surface area contributed by atoms with Crippen molar-refractivity contribution in [1.82, 2.24) is 9.97 Å². The molecule has 10 nitrogen and oxygen atoms in total. The summed E-state index contributed by atoms with van der Waals surface area (Å²) in [5, 5.41) is 33.7. The van der Waals surface area contributed by atoms with Crippen LogP contribution < -0.4 is 10.2 Å². The second-order valence-electron chi connectivity index (χ2n) is 7.97. The van der Waals surface area contributed by atoms with Gasteiger partial charge in [0.05, 0.1) is 22.8 Å². The molecule has 0 amide bonds. The molecule has 2 heterocycles. The molecule has 0 aliphatic carbocycles. The lowest BCUT2D eigenvalue weighted by molar-refractivity contribution is -0.383. The fourth-order valence-corrected chi connectivity index (χ4v) is 4.08. The molecule has 1 aliphatic heterocycles. The first kappa shape index (κ1) is 22.7. The van der Waals surface area contributed by atoms with Gasteiger partial charge in [0.15, 0.2) is 0 Å². The SMILES string of the molecule is N#CC(c1ccccc1)c1ccc(Nc2ncnc(N3CCC(C(=O)O)CC3)c2[N+](=O)[O-])cc1. The lowest BCUT2D eigenvalue weighted by Gasteiger charge is -2.30. The molecule has 1 saturated heterocycles. The molecule has 34 heavy (non-hydrogen) atoms. The van der Waals surface area contributed by atoms with Crippen LogP contribution in [0, 0.1) is 27.4 Å². The Hall–Kier alpha value is -4.52. The number of aromatic nitrogens is 2. The van der Waals surface area contributed by atoms with E-state index < -0.39 is 22.7 Å². The summed E-state index contributed by atoms with van der Waals surface area (Å²) in [6.45, 7) is 0.718. The number of carboxylic acids is 1. The highest BCUT2D eigenvalue weighted by molar-refractivity contribution is 5.75. The first-order chi connectivity index (χ1) is 16.5. The van der Waals surface area contributed by atoms with Crippen molar-refractivity contribution in [3.05, 3.63) is 82.2 Å². The molecule has 10 heteroatoms. The molecule has 1 aliphatic rings. The molecule has 4 rings (SSSR count). The third kappa shape index (κ3) is 4.78. The topological polar surface area (TPSA) is 145 Å². The zero-order valence-corrected chi connectivity index (χ0v) is 18.2. The van der Waals surface area contributed by atoms with E-state index in [1.54, 1.807) is 29.2 Å². The molecule has 0 saturated carbocycles. The van der Waals surface area contributed by atoms with E-state index in [2.05, 4.69) is 21.4 Å². The van der Waals surface area contributed by atoms with Crippen LogP contribution in [-0.2, 0) is 4.79 Å². The van der Waals surface area contributed by atoms with Crippen molar-refractivity contribution in [1.29, 1.82) is 5.26 Å². The van der Waals surface area contributed by atoms with Gasteiger partial charge in [-0.2, -0.15) is 5.26 Å². The van der Waals surface area contributed by atoms with Gasteiger partial charge in [0.1, 0.15) is 6.33 Å². The van der Waals surface area contributed by atoms with Gasteiger partial charge in [0, 0.05) is 18.8 Å². The lowest BCUT2D eigenvalue weighted by atomic mass is 9.92. The number of hydrogen-bond acceptors (Lipinski definition) is 8. The molecular weight excluding hydrogens is 436 g/mol. The van der Waals surface area contributed by atoms with E-state index in [9.17, 15) is 25.3 Å². The minimum absolute atomic E-state index is 0.0444. The van der Waals surface area contributed by atoms with Gasteiger partial charge >= 0.3 is 11.7 Å². The molecule has 2 aromatic carbocycles. The van der Waals surface area contributed by atoms with Gasteiger partial charge in [-0.1, -0.05) is 42.5 Å². The van der Waals surface area contributed by atoms with E-state index >= 15 is 0 Å². The maximum atomic E-state index is 11.9. The van der Waals surface area contributed by atoms with Crippen LogP contribution in [0.3, 0.4) is 0 Å². The summed E-state index contributed by atoms with van der Waals surface area (Å²) >= 11 is 0. The van der Waals surface area contributed by atoms with Gasteiger partial charge in [-0.25, -0.2) is 9.97 Å². The molecule has 0 bridgehead atoms. The second kappa shape index (κ2) is 9.95. The van der Waals surface area contributed by atoms with Crippen molar-refractivity contribution in [3.63, 3.8) is 0 Å². The average Bonchev–Trinajstić information content (AvgIpc) is 2.86. The highest BCUT2D eigenvalue weighted by atomic mass is 16.6. The molecule has 2 N–H and O–H groups in total. The maximum Gasteiger partial charge on any atom is 0.353 e. The number of rotatable bonds is 7. The minimum atomic E-state index is -0.853. The first-order valence-electron chi connectivity index (χ1n) is 10.8. The molecule has 0 spiro atoms. The Labute approximate surface area is 195 Å². The van der Waals surface area contributed by atoms with E-state index in [1.807, 2.05) is 30.3 Å².